The molecule has 0 saturated carbocycles. The lowest BCUT2D eigenvalue weighted by Gasteiger charge is -2.30. The second-order valence-corrected chi connectivity index (χ2v) is 15.8. The van der Waals surface area contributed by atoms with Gasteiger partial charge in [0.25, 0.3) is 0 Å². The number of esters is 2. The summed E-state index contributed by atoms with van der Waals surface area (Å²) in [7, 11) is 0. The minimum Gasteiger partial charge on any atom is -0.463 e. The fourth-order valence-electron chi connectivity index (χ4n) is 6.72. The Morgan fingerprint density at radius 2 is 0.816 bits per heavy atom. The van der Waals surface area contributed by atoms with Crippen LogP contribution in [0.5, 0.6) is 0 Å². The highest BCUT2D eigenvalue weighted by Gasteiger charge is 2.28. The van der Waals surface area contributed by atoms with E-state index in [-0.39, 0.29) is 37.5 Å². The van der Waals surface area contributed by atoms with E-state index >= 15 is 0 Å². The lowest BCUT2D eigenvalue weighted by molar-refractivity contribution is -0.153. The molecule has 0 heterocycles. The van der Waals surface area contributed by atoms with Crippen molar-refractivity contribution >= 4 is 11.9 Å². The molecule has 2 unspecified atom stereocenters. The fraction of sp³-hybridized carbons (Fsp3) is 0.953. The Hall–Kier alpha value is -1.14. The zero-order valence-corrected chi connectivity index (χ0v) is 33.4. The maximum atomic E-state index is 12.6. The van der Waals surface area contributed by atoms with Crippen molar-refractivity contribution in [2.24, 2.45) is 11.7 Å². The standard InChI is InChI=1S/C43H85NO5/c1-5-7-9-11-13-15-17-19-21-23-25-27-29-31-33-35-41(46)48-37-40(45)38-49-42(47)36-39(43(3,4)44)34-32-30-28-26-24-22-20-18-16-14-12-10-8-6-2/h39-40,45H,5-38,44H2,1-4H3. The Morgan fingerprint density at radius 1 is 0.510 bits per heavy atom. The summed E-state index contributed by atoms with van der Waals surface area (Å²) >= 11 is 0. The van der Waals surface area contributed by atoms with Crippen molar-refractivity contribution in [3.63, 3.8) is 0 Å². The summed E-state index contributed by atoms with van der Waals surface area (Å²) in [6.45, 7) is 8.18. The quantitative estimate of drug-likeness (QED) is 0.0493. The number of carbonyl (C=O) groups excluding carboxylic acids is 2. The van der Waals surface area contributed by atoms with Gasteiger partial charge in [0, 0.05) is 12.0 Å². The van der Waals surface area contributed by atoms with Crippen molar-refractivity contribution in [1.29, 1.82) is 0 Å². The number of carbonyl (C=O) groups is 2. The van der Waals surface area contributed by atoms with Crippen LogP contribution in [0.15, 0.2) is 0 Å². The van der Waals surface area contributed by atoms with Gasteiger partial charge in [-0.05, 0) is 32.6 Å². The molecule has 49 heavy (non-hydrogen) atoms. The highest BCUT2D eigenvalue weighted by molar-refractivity contribution is 5.70. The highest BCUT2D eigenvalue weighted by Crippen LogP contribution is 2.25. The largest absolute Gasteiger partial charge is 0.463 e. The SMILES string of the molecule is CCCCCCCCCCCCCCCCCC(=O)OCC(O)COC(=O)CC(CCCCCCCCCCCCCCCC)C(C)(C)N. The van der Waals surface area contributed by atoms with Gasteiger partial charge in [-0.15, -0.1) is 0 Å². The molecule has 0 bridgehead atoms. The molecule has 0 aromatic heterocycles. The van der Waals surface area contributed by atoms with Gasteiger partial charge in [0.05, 0.1) is 6.42 Å². The zero-order chi connectivity index (χ0) is 36.3. The molecule has 0 aliphatic carbocycles. The summed E-state index contributed by atoms with van der Waals surface area (Å²) in [5.41, 5.74) is 5.94. The third-order valence-electron chi connectivity index (χ3n) is 10.2. The van der Waals surface area contributed by atoms with Crippen molar-refractivity contribution in [1.82, 2.24) is 0 Å². The van der Waals surface area contributed by atoms with Gasteiger partial charge in [0.15, 0.2) is 0 Å². The lowest BCUT2D eigenvalue weighted by Crippen LogP contribution is -2.42. The van der Waals surface area contributed by atoms with Gasteiger partial charge < -0.3 is 20.3 Å². The van der Waals surface area contributed by atoms with Gasteiger partial charge in [-0.2, -0.15) is 0 Å². The number of rotatable bonds is 38. The maximum absolute atomic E-state index is 12.6. The number of unbranched alkanes of at least 4 members (excludes halogenated alkanes) is 27. The first-order valence-corrected chi connectivity index (χ1v) is 21.5. The smallest absolute Gasteiger partial charge is 0.306 e. The number of aliphatic hydroxyl groups excluding tert-OH is 1. The van der Waals surface area contributed by atoms with E-state index in [9.17, 15) is 14.7 Å². The van der Waals surface area contributed by atoms with Crippen LogP contribution in [-0.2, 0) is 19.1 Å². The summed E-state index contributed by atoms with van der Waals surface area (Å²) in [6, 6.07) is 0. The van der Waals surface area contributed by atoms with Crippen LogP contribution in [0.2, 0.25) is 0 Å². The Bertz CT molecular complexity index is 721. The van der Waals surface area contributed by atoms with Crippen LogP contribution in [0, 0.1) is 5.92 Å². The maximum Gasteiger partial charge on any atom is 0.306 e. The molecule has 0 aromatic rings. The third-order valence-corrected chi connectivity index (χ3v) is 10.2. The van der Waals surface area contributed by atoms with Gasteiger partial charge in [0.1, 0.15) is 19.3 Å². The van der Waals surface area contributed by atoms with Gasteiger partial charge in [-0.25, -0.2) is 0 Å². The first kappa shape index (κ1) is 47.9. The van der Waals surface area contributed by atoms with Crippen molar-refractivity contribution in [3.05, 3.63) is 0 Å². The predicted molar refractivity (Wildman–Crippen MR) is 209 cm³/mol. The van der Waals surface area contributed by atoms with E-state index in [2.05, 4.69) is 13.8 Å². The van der Waals surface area contributed by atoms with Crippen LogP contribution in [0.4, 0.5) is 0 Å². The van der Waals surface area contributed by atoms with Crippen LogP contribution in [-0.4, -0.2) is 41.9 Å². The molecule has 3 N–H and O–H groups in total. The van der Waals surface area contributed by atoms with E-state index in [1.165, 1.54) is 161 Å². The number of hydrogen-bond donors (Lipinski definition) is 2. The van der Waals surface area contributed by atoms with Gasteiger partial charge >= 0.3 is 11.9 Å². The van der Waals surface area contributed by atoms with Gasteiger partial charge in [-0.1, -0.05) is 194 Å². The van der Waals surface area contributed by atoms with E-state index in [1.54, 1.807) is 0 Å². The monoisotopic (exact) mass is 696 g/mol. The van der Waals surface area contributed by atoms with Gasteiger partial charge in [-0.3, -0.25) is 9.59 Å². The average molecular weight is 696 g/mol. The Kier molecular flexibility index (Phi) is 34.5. The molecule has 0 fully saturated rings. The summed E-state index contributed by atoms with van der Waals surface area (Å²) in [4.78, 5) is 24.7. The molecule has 0 spiro atoms. The Morgan fingerprint density at radius 3 is 1.16 bits per heavy atom. The second kappa shape index (κ2) is 35.3. The summed E-state index contributed by atoms with van der Waals surface area (Å²) < 4.78 is 10.6. The second-order valence-electron chi connectivity index (χ2n) is 15.8. The van der Waals surface area contributed by atoms with Crippen LogP contribution >= 0.6 is 0 Å². The van der Waals surface area contributed by atoms with E-state index in [1.807, 2.05) is 13.8 Å². The zero-order valence-electron chi connectivity index (χ0n) is 33.4. The molecule has 6 nitrogen and oxygen atoms in total. The summed E-state index contributed by atoms with van der Waals surface area (Å²) in [5.74, 6) is -0.613. The summed E-state index contributed by atoms with van der Waals surface area (Å²) in [5, 5.41) is 10.2. The molecular weight excluding hydrogens is 610 g/mol. The minimum absolute atomic E-state index is 0.0298. The van der Waals surface area contributed by atoms with Crippen LogP contribution in [0.25, 0.3) is 0 Å². The van der Waals surface area contributed by atoms with Crippen LogP contribution in [0.3, 0.4) is 0 Å². The predicted octanol–water partition coefficient (Wildman–Crippen LogP) is 12.3. The van der Waals surface area contributed by atoms with Crippen molar-refractivity contribution in [2.45, 2.75) is 245 Å². The average Bonchev–Trinajstić information content (AvgIpc) is 3.07. The third kappa shape index (κ3) is 35.1. The number of aliphatic hydroxyl groups is 1. The van der Waals surface area contributed by atoms with E-state index in [0.29, 0.717) is 6.42 Å². The normalized spacial score (nSPS) is 13.0. The Balaban J connectivity index is 3.78. The molecule has 2 atom stereocenters. The minimum atomic E-state index is -1.01. The first-order valence-electron chi connectivity index (χ1n) is 21.5. The first-order chi connectivity index (χ1) is 23.7. The van der Waals surface area contributed by atoms with E-state index < -0.39 is 11.6 Å². The summed E-state index contributed by atoms with van der Waals surface area (Å²) in [6.07, 6.45) is 38.3. The van der Waals surface area contributed by atoms with Crippen LogP contribution < -0.4 is 5.73 Å². The molecule has 0 aliphatic heterocycles. The molecule has 0 amide bonds. The van der Waals surface area contributed by atoms with Crippen molar-refractivity contribution in [3.8, 4) is 0 Å². The molecule has 292 valence electrons. The van der Waals surface area contributed by atoms with Crippen LogP contribution in [0.1, 0.15) is 233 Å². The molecule has 0 saturated heterocycles. The van der Waals surface area contributed by atoms with Crippen molar-refractivity contribution in [2.75, 3.05) is 13.2 Å². The van der Waals surface area contributed by atoms with E-state index in [4.69, 9.17) is 15.2 Å². The molecule has 0 rings (SSSR count). The molecule has 0 radical (unpaired) electrons. The number of nitrogens with two attached hydrogens (primary N) is 1. The number of hydrogen-bond acceptors (Lipinski definition) is 6. The van der Waals surface area contributed by atoms with E-state index in [0.717, 1.165) is 32.1 Å². The molecular formula is C43H85NO5. The van der Waals surface area contributed by atoms with Crippen molar-refractivity contribution < 1.29 is 24.2 Å². The Labute approximate surface area is 305 Å². The fourth-order valence-corrected chi connectivity index (χ4v) is 6.72. The molecule has 0 aromatic carbocycles. The highest BCUT2D eigenvalue weighted by atomic mass is 16.6. The van der Waals surface area contributed by atoms with Gasteiger partial charge in [0.2, 0.25) is 0 Å². The molecule has 0 aliphatic rings. The molecule has 6 heteroatoms. The number of ether oxygens (including phenoxy) is 2. The topological polar surface area (TPSA) is 98.9 Å². The lowest BCUT2D eigenvalue weighted by atomic mass is 9.82.